The molecule has 7 nitrogen and oxygen atoms in total. The van der Waals surface area contributed by atoms with Crippen molar-refractivity contribution in [2.75, 3.05) is 26.2 Å². The first-order valence-electron chi connectivity index (χ1n) is 8.45. The van der Waals surface area contributed by atoms with Crippen molar-refractivity contribution in [1.82, 2.24) is 0 Å². The number of rotatable bonds is 15. The standard InChI is InChI=1S/C17H29NO6/c1-2-3-4-5-6-7-8-9-10-11-18(12-15(19)20,13-16(21)22)14-17(23)24/h7-8H,2-6,9-14H2,1H3,(H2-,19,20,21,22,23,24)/b8-7+. The lowest BCUT2D eigenvalue weighted by molar-refractivity contribution is -0.909. The fourth-order valence-corrected chi connectivity index (χ4v) is 2.72. The Labute approximate surface area is 143 Å². The van der Waals surface area contributed by atoms with Gasteiger partial charge in [0, 0.05) is 6.42 Å². The Kier molecular flexibility index (Phi) is 11.5. The topological polar surface area (TPSA) is 115 Å². The maximum Gasteiger partial charge on any atom is 0.359 e. The van der Waals surface area contributed by atoms with Crippen molar-refractivity contribution in [3.05, 3.63) is 12.2 Å². The zero-order valence-corrected chi connectivity index (χ0v) is 14.4. The van der Waals surface area contributed by atoms with E-state index in [4.69, 9.17) is 10.2 Å². The predicted octanol–water partition coefficient (Wildman–Crippen LogP) is 1.03. The van der Waals surface area contributed by atoms with Gasteiger partial charge in [0.15, 0.2) is 13.1 Å². The number of unbranched alkanes of at least 4 members (excludes halogenated alkanes) is 5. The average Bonchev–Trinajstić information content (AvgIpc) is 2.43. The number of carbonyl (C=O) groups excluding carboxylic acids is 1. The van der Waals surface area contributed by atoms with Gasteiger partial charge in [-0.1, -0.05) is 38.3 Å². The Morgan fingerprint density at radius 2 is 1.42 bits per heavy atom. The molecule has 0 bridgehead atoms. The molecule has 0 aliphatic rings. The lowest BCUT2D eigenvalue weighted by atomic mass is 10.1. The third-order valence-corrected chi connectivity index (χ3v) is 3.80. The Morgan fingerprint density at radius 3 is 1.88 bits per heavy atom. The molecule has 0 rings (SSSR count). The second kappa shape index (κ2) is 12.5. The Morgan fingerprint density at radius 1 is 0.875 bits per heavy atom. The Bertz CT molecular complexity index is 392. The van der Waals surface area contributed by atoms with E-state index in [1.807, 2.05) is 6.08 Å². The SMILES string of the molecule is CCCCCC/C=C/CCC[N+](CC(=O)[O-])(CC(=O)O)CC(=O)O. The highest BCUT2D eigenvalue weighted by Crippen LogP contribution is 2.11. The number of hydrogen-bond acceptors (Lipinski definition) is 4. The minimum atomic E-state index is -1.44. The normalized spacial score (nSPS) is 11.7. The first kappa shape index (κ1) is 22.1. The summed E-state index contributed by atoms with van der Waals surface area (Å²) in [5.74, 6) is -3.88. The molecule has 0 heterocycles. The maximum absolute atomic E-state index is 11.0. The number of allylic oxidation sites excluding steroid dienone is 2. The molecule has 0 saturated heterocycles. The lowest BCUT2D eigenvalue weighted by Gasteiger charge is -2.36. The summed E-state index contributed by atoms with van der Waals surface area (Å²) in [7, 11) is 0. The average molecular weight is 343 g/mol. The van der Waals surface area contributed by atoms with Gasteiger partial charge in [0.2, 0.25) is 0 Å². The van der Waals surface area contributed by atoms with E-state index < -0.39 is 42.0 Å². The number of nitrogens with zero attached hydrogens (tertiary/aromatic N) is 1. The van der Waals surface area contributed by atoms with Crippen LogP contribution in [0.4, 0.5) is 0 Å². The van der Waals surface area contributed by atoms with E-state index in [1.165, 1.54) is 19.3 Å². The van der Waals surface area contributed by atoms with Gasteiger partial charge in [0.05, 0.1) is 12.5 Å². The summed E-state index contributed by atoms with van der Waals surface area (Å²) in [6.45, 7) is 0.634. The van der Waals surface area contributed by atoms with Crippen molar-refractivity contribution in [3.63, 3.8) is 0 Å². The van der Waals surface area contributed by atoms with Crippen molar-refractivity contribution in [3.8, 4) is 0 Å². The zero-order valence-electron chi connectivity index (χ0n) is 14.4. The quantitative estimate of drug-likeness (QED) is 0.261. The summed E-state index contributed by atoms with van der Waals surface area (Å²) in [6.07, 6.45) is 11.0. The van der Waals surface area contributed by atoms with E-state index in [9.17, 15) is 19.5 Å². The van der Waals surface area contributed by atoms with E-state index in [1.54, 1.807) is 0 Å². The van der Waals surface area contributed by atoms with Gasteiger partial charge in [-0.15, -0.1) is 0 Å². The van der Waals surface area contributed by atoms with Crippen molar-refractivity contribution in [2.45, 2.75) is 51.9 Å². The van der Waals surface area contributed by atoms with Crippen molar-refractivity contribution < 1.29 is 34.2 Å². The van der Waals surface area contributed by atoms with Gasteiger partial charge in [0.25, 0.3) is 0 Å². The van der Waals surface area contributed by atoms with E-state index in [0.717, 1.165) is 12.8 Å². The van der Waals surface area contributed by atoms with Gasteiger partial charge in [0.1, 0.15) is 6.54 Å². The molecule has 0 aromatic rings. The molecule has 7 heteroatoms. The maximum atomic E-state index is 11.0. The Balaban J connectivity index is 4.48. The number of carboxylic acids is 3. The third kappa shape index (κ3) is 11.6. The number of hydrogen-bond donors (Lipinski definition) is 2. The predicted molar refractivity (Wildman–Crippen MR) is 87.1 cm³/mol. The van der Waals surface area contributed by atoms with E-state index in [0.29, 0.717) is 12.8 Å². The van der Waals surface area contributed by atoms with Gasteiger partial charge >= 0.3 is 11.9 Å². The minimum Gasteiger partial charge on any atom is -0.544 e. The highest BCUT2D eigenvalue weighted by atomic mass is 16.4. The molecule has 138 valence electrons. The monoisotopic (exact) mass is 343 g/mol. The summed E-state index contributed by atoms with van der Waals surface area (Å²) < 4.78 is -0.530. The van der Waals surface area contributed by atoms with Gasteiger partial charge in [-0.3, -0.25) is 0 Å². The number of carboxylic acid groups (broad SMARTS) is 3. The smallest absolute Gasteiger partial charge is 0.359 e. The van der Waals surface area contributed by atoms with Crippen LogP contribution in [-0.2, 0) is 14.4 Å². The van der Waals surface area contributed by atoms with Crippen molar-refractivity contribution in [1.29, 1.82) is 0 Å². The van der Waals surface area contributed by atoms with Crippen LogP contribution in [0, 0.1) is 0 Å². The van der Waals surface area contributed by atoms with Crippen LogP contribution in [0.15, 0.2) is 12.2 Å². The largest absolute Gasteiger partial charge is 0.544 e. The molecule has 0 aromatic carbocycles. The van der Waals surface area contributed by atoms with Crippen LogP contribution in [0.1, 0.15) is 51.9 Å². The molecule has 0 unspecified atom stereocenters. The molecule has 0 fully saturated rings. The number of quaternary nitrogens is 1. The van der Waals surface area contributed by atoms with Gasteiger partial charge < -0.3 is 24.6 Å². The van der Waals surface area contributed by atoms with Crippen LogP contribution in [0.3, 0.4) is 0 Å². The molecule has 0 saturated carbocycles. The first-order valence-corrected chi connectivity index (χ1v) is 8.45. The van der Waals surface area contributed by atoms with Crippen LogP contribution in [0.25, 0.3) is 0 Å². The second-order valence-electron chi connectivity index (χ2n) is 6.16. The summed E-state index contributed by atoms with van der Waals surface area (Å²) in [6, 6.07) is 0. The fraction of sp³-hybridized carbons (Fsp3) is 0.706. The summed E-state index contributed by atoms with van der Waals surface area (Å²) in [4.78, 5) is 32.9. The minimum absolute atomic E-state index is 0.173. The molecule has 0 radical (unpaired) electrons. The summed E-state index contributed by atoms with van der Waals surface area (Å²) >= 11 is 0. The Hall–Kier alpha value is -1.89. The van der Waals surface area contributed by atoms with Crippen LogP contribution in [-0.4, -0.2) is 58.8 Å². The fourth-order valence-electron chi connectivity index (χ4n) is 2.72. The van der Waals surface area contributed by atoms with Crippen LogP contribution in [0.2, 0.25) is 0 Å². The molecular weight excluding hydrogens is 314 g/mol. The van der Waals surface area contributed by atoms with E-state index >= 15 is 0 Å². The first-order chi connectivity index (χ1) is 11.3. The zero-order chi connectivity index (χ0) is 18.4. The van der Waals surface area contributed by atoms with Gasteiger partial charge in [-0.05, 0) is 19.3 Å². The molecule has 0 aromatic heterocycles. The number of carbonyl (C=O) groups is 3. The van der Waals surface area contributed by atoms with Crippen molar-refractivity contribution >= 4 is 17.9 Å². The van der Waals surface area contributed by atoms with Gasteiger partial charge in [-0.25, -0.2) is 9.59 Å². The van der Waals surface area contributed by atoms with Crippen LogP contribution in [0.5, 0.6) is 0 Å². The van der Waals surface area contributed by atoms with E-state index in [2.05, 4.69) is 13.0 Å². The molecule has 0 aliphatic heterocycles. The third-order valence-electron chi connectivity index (χ3n) is 3.80. The molecule has 0 aliphatic carbocycles. The van der Waals surface area contributed by atoms with Crippen LogP contribution >= 0.6 is 0 Å². The van der Waals surface area contributed by atoms with E-state index in [-0.39, 0.29) is 6.54 Å². The lowest BCUT2D eigenvalue weighted by Crippen LogP contribution is -2.59. The molecule has 2 N–H and O–H groups in total. The van der Waals surface area contributed by atoms with Gasteiger partial charge in [-0.2, -0.15) is 0 Å². The number of aliphatic carboxylic acids is 3. The molecule has 0 amide bonds. The molecule has 0 atom stereocenters. The summed E-state index contributed by atoms with van der Waals surface area (Å²) in [5.41, 5.74) is 0. The highest BCUT2D eigenvalue weighted by molar-refractivity contribution is 5.72. The highest BCUT2D eigenvalue weighted by Gasteiger charge is 2.33. The molecular formula is C17H29NO6. The van der Waals surface area contributed by atoms with Crippen LogP contribution < -0.4 is 5.11 Å². The van der Waals surface area contributed by atoms with Crippen molar-refractivity contribution in [2.24, 2.45) is 0 Å². The molecule has 0 spiro atoms. The summed E-state index contributed by atoms with van der Waals surface area (Å²) in [5, 5.41) is 28.9. The second-order valence-corrected chi connectivity index (χ2v) is 6.16. The molecule has 24 heavy (non-hydrogen) atoms.